The van der Waals surface area contributed by atoms with Gasteiger partial charge in [-0.05, 0) is 26.2 Å². The van der Waals surface area contributed by atoms with Gasteiger partial charge in [0, 0.05) is 46.3 Å². The molecule has 0 aliphatic carbocycles. The van der Waals surface area contributed by atoms with Crippen LogP contribution in [0.5, 0.6) is 0 Å². The molecule has 1 aromatic heterocycles. The first-order chi connectivity index (χ1) is 9.19. The number of piperazine rings is 1. The molecule has 1 saturated heterocycles. The fraction of sp³-hybridized carbons (Fsp3) is 0.643. The summed E-state index contributed by atoms with van der Waals surface area (Å²) < 4.78 is 0. The lowest BCUT2D eigenvalue weighted by atomic mass is 10.3. The van der Waals surface area contributed by atoms with Crippen LogP contribution in [0.3, 0.4) is 0 Å². The maximum Gasteiger partial charge on any atom is 0.131 e. The lowest BCUT2D eigenvalue weighted by molar-refractivity contribution is 0.229. The third kappa shape index (κ3) is 4.08. The molecular formula is C14H25N5. The van der Waals surface area contributed by atoms with E-state index in [9.17, 15) is 0 Å². The van der Waals surface area contributed by atoms with Gasteiger partial charge in [-0.25, -0.2) is 4.98 Å². The predicted molar refractivity (Wildman–Crippen MR) is 81.0 cm³/mol. The summed E-state index contributed by atoms with van der Waals surface area (Å²) in [4.78, 5) is 11.7. The Kier molecular flexibility index (Phi) is 4.99. The highest BCUT2D eigenvalue weighted by Crippen LogP contribution is 2.15. The lowest BCUT2D eigenvalue weighted by Crippen LogP contribution is -2.48. The first kappa shape index (κ1) is 14.1. The van der Waals surface area contributed by atoms with Crippen molar-refractivity contribution in [2.24, 2.45) is 0 Å². The molecule has 0 atom stereocenters. The highest BCUT2D eigenvalue weighted by Gasteiger charge is 2.17. The first-order valence-electron chi connectivity index (χ1n) is 6.96. The van der Waals surface area contributed by atoms with Crippen molar-refractivity contribution in [3.05, 3.63) is 18.2 Å². The normalized spacial score (nSPS) is 16.9. The quantitative estimate of drug-likeness (QED) is 0.850. The Hall–Kier alpha value is -1.33. The number of hydrogen-bond acceptors (Lipinski definition) is 5. The van der Waals surface area contributed by atoms with Gasteiger partial charge in [0.2, 0.25) is 0 Å². The summed E-state index contributed by atoms with van der Waals surface area (Å²) in [5.41, 5.74) is 0. The van der Waals surface area contributed by atoms with Crippen LogP contribution in [0.1, 0.15) is 0 Å². The Bertz CT molecular complexity index is 385. The predicted octanol–water partition coefficient (Wildman–Crippen LogP) is 0.807. The number of anilines is 2. The molecule has 1 N–H and O–H groups in total. The molecule has 0 radical (unpaired) electrons. The third-order valence-corrected chi connectivity index (χ3v) is 3.55. The SMILES string of the molecule is CNc1cccc(N2CCN(CCN(C)C)CC2)n1. The van der Waals surface area contributed by atoms with Gasteiger partial charge in [-0.3, -0.25) is 4.90 Å². The van der Waals surface area contributed by atoms with Gasteiger partial charge in [-0.1, -0.05) is 6.07 Å². The van der Waals surface area contributed by atoms with Crippen LogP contribution in [0, 0.1) is 0 Å². The van der Waals surface area contributed by atoms with E-state index in [1.54, 1.807) is 0 Å². The van der Waals surface area contributed by atoms with E-state index in [0.717, 1.165) is 50.9 Å². The Morgan fingerprint density at radius 1 is 1.21 bits per heavy atom. The minimum Gasteiger partial charge on any atom is -0.373 e. The molecule has 0 aromatic carbocycles. The average molecular weight is 263 g/mol. The number of rotatable bonds is 5. The second kappa shape index (κ2) is 6.73. The number of nitrogens with zero attached hydrogens (tertiary/aromatic N) is 4. The number of pyridine rings is 1. The average Bonchev–Trinajstić information content (AvgIpc) is 2.45. The van der Waals surface area contributed by atoms with Crippen molar-refractivity contribution in [3.63, 3.8) is 0 Å². The van der Waals surface area contributed by atoms with E-state index >= 15 is 0 Å². The van der Waals surface area contributed by atoms with E-state index in [-0.39, 0.29) is 0 Å². The van der Waals surface area contributed by atoms with E-state index in [4.69, 9.17) is 0 Å². The van der Waals surface area contributed by atoms with Crippen LogP contribution in [0.25, 0.3) is 0 Å². The van der Waals surface area contributed by atoms with Gasteiger partial charge in [0.1, 0.15) is 11.6 Å². The third-order valence-electron chi connectivity index (χ3n) is 3.55. The zero-order valence-electron chi connectivity index (χ0n) is 12.3. The molecule has 1 aliphatic heterocycles. The van der Waals surface area contributed by atoms with E-state index in [1.165, 1.54) is 0 Å². The van der Waals surface area contributed by atoms with Gasteiger partial charge in [0.25, 0.3) is 0 Å². The maximum atomic E-state index is 4.60. The molecule has 106 valence electrons. The van der Waals surface area contributed by atoms with Crippen LogP contribution >= 0.6 is 0 Å². The molecule has 2 rings (SSSR count). The molecule has 5 heteroatoms. The van der Waals surface area contributed by atoms with Crippen molar-refractivity contribution in [1.82, 2.24) is 14.8 Å². The van der Waals surface area contributed by atoms with Gasteiger partial charge in [0.05, 0.1) is 0 Å². The molecule has 2 heterocycles. The molecule has 1 fully saturated rings. The molecular weight excluding hydrogens is 238 g/mol. The number of likely N-dealkylation sites (N-methyl/N-ethyl adjacent to an activating group) is 1. The van der Waals surface area contributed by atoms with Crippen molar-refractivity contribution in [3.8, 4) is 0 Å². The molecule has 1 aromatic rings. The monoisotopic (exact) mass is 263 g/mol. The smallest absolute Gasteiger partial charge is 0.131 e. The van der Waals surface area contributed by atoms with E-state index in [0.29, 0.717) is 0 Å². The zero-order valence-corrected chi connectivity index (χ0v) is 12.3. The Morgan fingerprint density at radius 2 is 1.95 bits per heavy atom. The highest BCUT2D eigenvalue weighted by atomic mass is 15.3. The van der Waals surface area contributed by atoms with Crippen LogP contribution in [0.15, 0.2) is 18.2 Å². The van der Waals surface area contributed by atoms with Crippen molar-refractivity contribution in [2.75, 3.05) is 70.6 Å². The molecule has 0 amide bonds. The van der Waals surface area contributed by atoms with Gasteiger partial charge < -0.3 is 15.1 Å². The number of hydrogen-bond donors (Lipinski definition) is 1. The summed E-state index contributed by atoms with van der Waals surface area (Å²) in [6.07, 6.45) is 0. The maximum absolute atomic E-state index is 4.60. The minimum absolute atomic E-state index is 0.938. The largest absolute Gasteiger partial charge is 0.373 e. The molecule has 1 aliphatic rings. The summed E-state index contributed by atoms with van der Waals surface area (Å²) in [7, 11) is 6.16. The van der Waals surface area contributed by atoms with Crippen molar-refractivity contribution in [2.45, 2.75) is 0 Å². The second-order valence-corrected chi connectivity index (χ2v) is 5.26. The van der Waals surface area contributed by atoms with Crippen molar-refractivity contribution >= 4 is 11.6 Å². The minimum atomic E-state index is 0.938. The number of nitrogens with one attached hydrogen (secondary N) is 1. The topological polar surface area (TPSA) is 34.6 Å². The summed E-state index contributed by atoms with van der Waals surface area (Å²) in [6, 6.07) is 6.15. The molecule has 0 unspecified atom stereocenters. The summed E-state index contributed by atoms with van der Waals surface area (Å²) >= 11 is 0. The van der Waals surface area contributed by atoms with E-state index < -0.39 is 0 Å². The fourth-order valence-corrected chi connectivity index (χ4v) is 2.28. The standard InChI is InChI=1S/C14H25N5/c1-15-13-5-4-6-14(16-13)19-11-9-18(10-12-19)8-7-17(2)3/h4-6H,7-12H2,1-3H3,(H,15,16). The van der Waals surface area contributed by atoms with E-state index in [2.05, 4.69) is 51.2 Å². The van der Waals surface area contributed by atoms with Gasteiger partial charge >= 0.3 is 0 Å². The summed E-state index contributed by atoms with van der Waals surface area (Å²) in [5, 5.41) is 3.09. The van der Waals surface area contributed by atoms with Crippen LogP contribution < -0.4 is 10.2 Å². The first-order valence-corrected chi connectivity index (χ1v) is 6.96. The second-order valence-electron chi connectivity index (χ2n) is 5.26. The Morgan fingerprint density at radius 3 is 2.58 bits per heavy atom. The van der Waals surface area contributed by atoms with Crippen LogP contribution in [0.2, 0.25) is 0 Å². The molecule has 0 saturated carbocycles. The lowest BCUT2D eigenvalue weighted by Gasteiger charge is -2.35. The van der Waals surface area contributed by atoms with Crippen molar-refractivity contribution < 1.29 is 0 Å². The van der Waals surface area contributed by atoms with Crippen molar-refractivity contribution in [1.29, 1.82) is 0 Å². The van der Waals surface area contributed by atoms with Crippen LogP contribution in [-0.4, -0.2) is 75.2 Å². The summed E-state index contributed by atoms with van der Waals surface area (Å²) in [5.74, 6) is 2.02. The molecule has 0 spiro atoms. The Balaban J connectivity index is 1.85. The highest BCUT2D eigenvalue weighted by molar-refractivity contribution is 5.47. The summed E-state index contributed by atoms with van der Waals surface area (Å²) in [6.45, 7) is 6.66. The Labute approximate surface area is 116 Å². The number of aromatic nitrogens is 1. The molecule has 0 bridgehead atoms. The zero-order chi connectivity index (χ0) is 13.7. The van der Waals surface area contributed by atoms with Crippen LogP contribution in [-0.2, 0) is 0 Å². The molecule has 5 nitrogen and oxygen atoms in total. The van der Waals surface area contributed by atoms with Gasteiger partial charge in [-0.2, -0.15) is 0 Å². The fourth-order valence-electron chi connectivity index (χ4n) is 2.28. The van der Waals surface area contributed by atoms with Crippen LogP contribution in [0.4, 0.5) is 11.6 Å². The van der Waals surface area contributed by atoms with E-state index in [1.807, 2.05) is 13.1 Å². The van der Waals surface area contributed by atoms with Gasteiger partial charge in [-0.15, -0.1) is 0 Å². The molecule has 19 heavy (non-hydrogen) atoms. The van der Waals surface area contributed by atoms with Gasteiger partial charge in [0.15, 0.2) is 0 Å².